The number of aliphatic hydroxyl groups is 1. The number of aliphatic hydroxyl groups excluding tert-OH is 1. The van der Waals surface area contributed by atoms with E-state index in [1.165, 1.54) is 4.31 Å². The van der Waals surface area contributed by atoms with Gasteiger partial charge >= 0.3 is 5.97 Å². The number of aliphatic carboxylic acids is 1. The number of carboxylic acids is 1. The molecule has 0 saturated heterocycles. The molecule has 1 aliphatic carbocycles. The Bertz CT molecular complexity index is 395. The zero-order chi connectivity index (χ0) is 14.5. The summed E-state index contributed by atoms with van der Waals surface area (Å²) in [5.41, 5.74) is 0. The van der Waals surface area contributed by atoms with E-state index in [0.29, 0.717) is 32.2 Å². The first kappa shape index (κ1) is 16.4. The van der Waals surface area contributed by atoms with E-state index < -0.39 is 27.2 Å². The van der Waals surface area contributed by atoms with E-state index in [1.807, 2.05) is 6.92 Å². The van der Waals surface area contributed by atoms with Gasteiger partial charge in [-0.1, -0.05) is 19.8 Å². The molecule has 0 aromatic heterocycles. The number of sulfonamides is 1. The summed E-state index contributed by atoms with van der Waals surface area (Å²) < 4.78 is 26.2. The van der Waals surface area contributed by atoms with Crippen LogP contribution in [0.4, 0.5) is 0 Å². The van der Waals surface area contributed by atoms with Crippen LogP contribution in [0.3, 0.4) is 0 Å². The molecule has 0 aliphatic heterocycles. The molecule has 1 saturated carbocycles. The van der Waals surface area contributed by atoms with Gasteiger partial charge in [0, 0.05) is 13.1 Å². The smallest absolute Gasteiger partial charge is 0.307 e. The van der Waals surface area contributed by atoms with Gasteiger partial charge in [0.25, 0.3) is 0 Å². The zero-order valence-electron chi connectivity index (χ0n) is 11.3. The lowest BCUT2D eigenvalue weighted by Crippen LogP contribution is -2.43. The van der Waals surface area contributed by atoms with Crippen molar-refractivity contribution in [1.29, 1.82) is 0 Å². The monoisotopic (exact) mass is 293 g/mol. The van der Waals surface area contributed by atoms with Gasteiger partial charge in [0.15, 0.2) is 0 Å². The molecule has 0 aromatic carbocycles. The summed E-state index contributed by atoms with van der Waals surface area (Å²) in [6, 6.07) is 0. The molecule has 0 bridgehead atoms. The van der Waals surface area contributed by atoms with Gasteiger partial charge in [0.2, 0.25) is 10.0 Å². The van der Waals surface area contributed by atoms with Gasteiger partial charge in [-0.05, 0) is 19.3 Å². The quantitative estimate of drug-likeness (QED) is 0.685. The predicted octanol–water partition coefficient (Wildman–Crippen LogP) is 0.664. The average Bonchev–Trinajstić information content (AvgIpc) is 2.84. The Kier molecular flexibility index (Phi) is 6.22. The van der Waals surface area contributed by atoms with Gasteiger partial charge in [0.1, 0.15) is 0 Å². The molecule has 1 rings (SSSR count). The van der Waals surface area contributed by atoms with Crippen LogP contribution in [0.5, 0.6) is 0 Å². The van der Waals surface area contributed by atoms with E-state index in [0.717, 1.165) is 6.42 Å². The molecular formula is C12H23NO5S. The molecule has 112 valence electrons. The van der Waals surface area contributed by atoms with Gasteiger partial charge in [-0.25, -0.2) is 8.42 Å². The molecule has 1 aliphatic rings. The fourth-order valence-corrected chi connectivity index (χ4v) is 4.80. The highest BCUT2D eigenvalue weighted by atomic mass is 32.2. The molecule has 0 amide bonds. The van der Waals surface area contributed by atoms with Gasteiger partial charge in [0.05, 0.1) is 17.8 Å². The van der Waals surface area contributed by atoms with Crippen LogP contribution < -0.4 is 0 Å². The van der Waals surface area contributed by atoms with Crippen molar-refractivity contribution in [3.8, 4) is 0 Å². The number of unbranched alkanes of at least 4 members (excludes halogenated alkanes) is 1. The molecule has 0 radical (unpaired) electrons. The van der Waals surface area contributed by atoms with E-state index in [9.17, 15) is 13.2 Å². The second-order valence-electron chi connectivity index (χ2n) is 4.94. The molecule has 1 fully saturated rings. The standard InChI is InChI=1S/C12H23NO5S/c1-2-3-7-13(8-9-14)19(17,18)11-6-4-5-10(11)12(15)16/h10-11,14H,2-9H2,1H3,(H,15,16). The van der Waals surface area contributed by atoms with Crippen LogP contribution in [0.25, 0.3) is 0 Å². The molecule has 2 unspecified atom stereocenters. The summed E-state index contributed by atoms with van der Waals surface area (Å²) >= 11 is 0. The van der Waals surface area contributed by atoms with Crippen LogP contribution in [0.15, 0.2) is 0 Å². The van der Waals surface area contributed by atoms with Crippen molar-refractivity contribution in [2.45, 2.75) is 44.3 Å². The minimum Gasteiger partial charge on any atom is -0.481 e. The van der Waals surface area contributed by atoms with Gasteiger partial charge < -0.3 is 10.2 Å². The minimum atomic E-state index is -3.64. The van der Waals surface area contributed by atoms with E-state index in [-0.39, 0.29) is 13.2 Å². The Hall–Kier alpha value is -0.660. The Balaban J connectivity index is 2.88. The maximum atomic E-state index is 12.5. The number of carboxylic acid groups (broad SMARTS) is 1. The van der Waals surface area contributed by atoms with Crippen LogP contribution in [-0.4, -0.2) is 53.9 Å². The lowest BCUT2D eigenvalue weighted by molar-refractivity contribution is -0.141. The van der Waals surface area contributed by atoms with Crippen molar-refractivity contribution in [2.75, 3.05) is 19.7 Å². The van der Waals surface area contributed by atoms with Gasteiger partial charge in [-0.2, -0.15) is 4.31 Å². The van der Waals surface area contributed by atoms with Crippen LogP contribution in [0.1, 0.15) is 39.0 Å². The largest absolute Gasteiger partial charge is 0.481 e. The summed E-state index contributed by atoms with van der Waals surface area (Å²) in [6.07, 6.45) is 3.00. The predicted molar refractivity (Wildman–Crippen MR) is 71.3 cm³/mol. The number of carbonyl (C=O) groups is 1. The van der Waals surface area contributed by atoms with Crippen molar-refractivity contribution >= 4 is 16.0 Å². The fourth-order valence-electron chi connectivity index (χ4n) is 2.57. The first-order valence-electron chi connectivity index (χ1n) is 6.77. The maximum absolute atomic E-state index is 12.5. The molecule has 6 nitrogen and oxygen atoms in total. The Morgan fingerprint density at radius 2 is 2.00 bits per heavy atom. The maximum Gasteiger partial charge on any atom is 0.307 e. The third kappa shape index (κ3) is 3.90. The van der Waals surface area contributed by atoms with Crippen molar-refractivity contribution < 1.29 is 23.4 Å². The lowest BCUT2D eigenvalue weighted by Gasteiger charge is -2.26. The highest BCUT2D eigenvalue weighted by Gasteiger charge is 2.43. The Labute approximate surface area is 114 Å². The molecule has 2 atom stereocenters. The van der Waals surface area contributed by atoms with Crippen LogP contribution in [-0.2, 0) is 14.8 Å². The van der Waals surface area contributed by atoms with Crippen LogP contribution >= 0.6 is 0 Å². The first-order valence-corrected chi connectivity index (χ1v) is 8.28. The SMILES string of the molecule is CCCCN(CCO)S(=O)(=O)C1CCCC1C(=O)O. The second-order valence-corrected chi connectivity index (χ2v) is 7.09. The molecule has 0 heterocycles. The fraction of sp³-hybridized carbons (Fsp3) is 0.917. The number of hydrogen-bond acceptors (Lipinski definition) is 4. The van der Waals surface area contributed by atoms with E-state index in [2.05, 4.69) is 0 Å². The first-order chi connectivity index (χ1) is 8.95. The highest BCUT2D eigenvalue weighted by molar-refractivity contribution is 7.89. The average molecular weight is 293 g/mol. The molecule has 0 spiro atoms. The van der Waals surface area contributed by atoms with Crippen LogP contribution in [0.2, 0.25) is 0 Å². The van der Waals surface area contributed by atoms with Crippen molar-refractivity contribution in [3.63, 3.8) is 0 Å². The normalized spacial score (nSPS) is 23.9. The number of hydrogen-bond donors (Lipinski definition) is 2. The summed E-state index contributed by atoms with van der Waals surface area (Å²) in [4.78, 5) is 11.1. The summed E-state index contributed by atoms with van der Waals surface area (Å²) in [5.74, 6) is -1.85. The number of rotatable bonds is 8. The topological polar surface area (TPSA) is 94.9 Å². The summed E-state index contributed by atoms with van der Waals surface area (Å²) in [7, 11) is -3.64. The Morgan fingerprint density at radius 1 is 1.32 bits per heavy atom. The van der Waals surface area contributed by atoms with Crippen molar-refractivity contribution in [3.05, 3.63) is 0 Å². The molecule has 2 N–H and O–H groups in total. The molecule has 0 aromatic rings. The number of nitrogens with zero attached hydrogens (tertiary/aromatic N) is 1. The molecular weight excluding hydrogens is 270 g/mol. The van der Waals surface area contributed by atoms with Crippen molar-refractivity contribution in [1.82, 2.24) is 4.31 Å². The van der Waals surface area contributed by atoms with E-state index in [1.54, 1.807) is 0 Å². The third-order valence-electron chi connectivity index (χ3n) is 3.62. The zero-order valence-corrected chi connectivity index (χ0v) is 12.1. The summed E-state index contributed by atoms with van der Waals surface area (Å²) in [6.45, 7) is 2.11. The Morgan fingerprint density at radius 3 is 2.53 bits per heavy atom. The second kappa shape index (κ2) is 7.21. The van der Waals surface area contributed by atoms with Gasteiger partial charge in [-0.15, -0.1) is 0 Å². The minimum absolute atomic E-state index is 0.0468. The summed E-state index contributed by atoms with van der Waals surface area (Å²) in [5, 5.41) is 17.3. The lowest BCUT2D eigenvalue weighted by atomic mass is 10.1. The third-order valence-corrected chi connectivity index (χ3v) is 6.04. The molecule has 7 heteroatoms. The van der Waals surface area contributed by atoms with Crippen molar-refractivity contribution in [2.24, 2.45) is 5.92 Å². The van der Waals surface area contributed by atoms with Crippen LogP contribution in [0, 0.1) is 5.92 Å². The highest BCUT2D eigenvalue weighted by Crippen LogP contribution is 2.33. The van der Waals surface area contributed by atoms with E-state index >= 15 is 0 Å². The molecule has 19 heavy (non-hydrogen) atoms. The van der Waals surface area contributed by atoms with Gasteiger partial charge in [-0.3, -0.25) is 4.79 Å². The van der Waals surface area contributed by atoms with E-state index in [4.69, 9.17) is 10.2 Å².